The number of methoxy groups -OCH3 is 1. The molecule has 4 aromatic rings. The van der Waals surface area contributed by atoms with Crippen molar-refractivity contribution < 1.29 is 9.53 Å². The van der Waals surface area contributed by atoms with Crippen LogP contribution in [0.4, 0.5) is 5.82 Å². The van der Waals surface area contributed by atoms with Crippen LogP contribution in [0.15, 0.2) is 79.0 Å². The van der Waals surface area contributed by atoms with E-state index in [-0.39, 0.29) is 5.91 Å². The molecule has 0 spiro atoms. The van der Waals surface area contributed by atoms with Crippen molar-refractivity contribution in [1.82, 2.24) is 9.38 Å². The van der Waals surface area contributed by atoms with Gasteiger partial charge in [0.2, 0.25) is 5.91 Å². The van der Waals surface area contributed by atoms with E-state index < -0.39 is 0 Å². The number of hydrogen-bond acceptors (Lipinski definition) is 3. The Labute approximate surface area is 157 Å². The standard InChI is InChI=1S/C22H19N3O2/c1-27-18-12-10-17(11-13-18)21-22(25-14-6-5-9-19(25)23-21)24-20(26)15-16-7-3-2-4-8-16/h2-14H,15H2,1H3,(H,24,26). The molecule has 134 valence electrons. The molecule has 5 nitrogen and oxygen atoms in total. The number of rotatable bonds is 5. The van der Waals surface area contributed by atoms with E-state index in [1.165, 1.54) is 0 Å². The number of pyridine rings is 1. The summed E-state index contributed by atoms with van der Waals surface area (Å²) in [4.78, 5) is 17.3. The molecule has 0 aliphatic carbocycles. The number of hydrogen-bond donors (Lipinski definition) is 1. The maximum atomic E-state index is 12.6. The van der Waals surface area contributed by atoms with Crippen molar-refractivity contribution in [2.75, 3.05) is 12.4 Å². The number of nitrogens with zero attached hydrogens (tertiary/aromatic N) is 2. The van der Waals surface area contributed by atoms with Crippen molar-refractivity contribution in [3.63, 3.8) is 0 Å². The minimum atomic E-state index is -0.0818. The van der Waals surface area contributed by atoms with Crippen LogP contribution in [0.3, 0.4) is 0 Å². The fourth-order valence-electron chi connectivity index (χ4n) is 3.02. The largest absolute Gasteiger partial charge is 0.497 e. The van der Waals surface area contributed by atoms with E-state index in [1.807, 2.05) is 83.4 Å². The van der Waals surface area contributed by atoms with Crippen LogP contribution in [-0.4, -0.2) is 22.4 Å². The summed E-state index contributed by atoms with van der Waals surface area (Å²) in [6, 6.07) is 23.1. The Morgan fingerprint density at radius 3 is 2.48 bits per heavy atom. The predicted molar refractivity (Wildman–Crippen MR) is 106 cm³/mol. The zero-order valence-electron chi connectivity index (χ0n) is 14.9. The van der Waals surface area contributed by atoms with Crippen molar-refractivity contribution in [3.05, 3.63) is 84.6 Å². The number of carbonyl (C=O) groups is 1. The van der Waals surface area contributed by atoms with Crippen molar-refractivity contribution in [3.8, 4) is 17.0 Å². The molecule has 1 N–H and O–H groups in total. The van der Waals surface area contributed by atoms with E-state index in [4.69, 9.17) is 9.72 Å². The zero-order chi connectivity index (χ0) is 18.6. The second kappa shape index (κ2) is 7.33. The van der Waals surface area contributed by atoms with Gasteiger partial charge in [-0.15, -0.1) is 0 Å². The lowest BCUT2D eigenvalue weighted by Gasteiger charge is -2.08. The normalized spacial score (nSPS) is 10.7. The Morgan fingerprint density at radius 2 is 1.74 bits per heavy atom. The summed E-state index contributed by atoms with van der Waals surface area (Å²) >= 11 is 0. The molecule has 0 saturated heterocycles. The molecule has 0 radical (unpaired) electrons. The summed E-state index contributed by atoms with van der Waals surface area (Å²) in [5.41, 5.74) is 3.38. The lowest BCUT2D eigenvalue weighted by molar-refractivity contribution is -0.115. The highest BCUT2D eigenvalue weighted by Crippen LogP contribution is 2.30. The Morgan fingerprint density at radius 1 is 1.00 bits per heavy atom. The van der Waals surface area contributed by atoms with E-state index >= 15 is 0 Å². The number of nitrogens with one attached hydrogen (secondary N) is 1. The third-order valence-electron chi connectivity index (χ3n) is 4.36. The van der Waals surface area contributed by atoms with Gasteiger partial charge in [0, 0.05) is 11.8 Å². The van der Waals surface area contributed by atoms with E-state index in [0.29, 0.717) is 12.2 Å². The summed E-state index contributed by atoms with van der Waals surface area (Å²) < 4.78 is 7.12. The summed E-state index contributed by atoms with van der Waals surface area (Å²) in [5.74, 6) is 1.36. The minimum absolute atomic E-state index is 0.0818. The predicted octanol–water partition coefficient (Wildman–Crippen LogP) is 4.19. The lowest BCUT2D eigenvalue weighted by Crippen LogP contribution is -2.16. The van der Waals surface area contributed by atoms with E-state index in [2.05, 4.69) is 5.32 Å². The smallest absolute Gasteiger partial charge is 0.229 e. The molecule has 5 heteroatoms. The highest BCUT2D eigenvalue weighted by molar-refractivity contribution is 5.95. The molecule has 1 amide bonds. The highest BCUT2D eigenvalue weighted by Gasteiger charge is 2.16. The molecule has 2 heterocycles. The lowest BCUT2D eigenvalue weighted by atomic mass is 10.1. The van der Waals surface area contributed by atoms with Crippen LogP contribution in [0.2, 0.25) is 0 Å². The molecule has 0 bridgehead atoms. The first-order valence-electron chi connectivity index (χ1n) is 8.70. The van der Waals surface area contributed by atoms with E-state index in [0.717, 1.165) is 28.2 Å². The fraction of sp³-hybridized carbons (Fsp3) is 0.0909. The van der Waals surface area contributed by atoms with Crippen LogP contribution >= 0.6 is 0 Å². The third-order valence-corrected chi connectivity index (χ3v) is 4.36. The SMILES string of the molecule is COc1ccc(-c2nc3ccccn3c2NC(=O)Cc2ccccc2)cc1. The Hall–Kier alpha value is -3.60. The van der Waals surface area contributed by atoms with Gasteiger partial charge in [-0.05, 0) is 42.0 Å². The summed E-state index contributed by atoms with van der Waals surface area (Å²) in [6.45, 7) is 0. The van der Waals surface area contributed by atoms with Crippen LogP contribution in [0.1, 0.15) is 5.56 Å². The first kappa shape index (κ1) is 16.8. The zero-order valence-corrected chi connectivity index (χ0v) is 14.9. The Kier molecular flexibility index (Phi) is 4.58. The second-order valence-electron chi connectivity index (χ2n) is 6.18. The average Bonchev–Trinajstić information content (AvgIpc) is 3.07. The molecule has 2 aromatic carbocycles. The van der Waals surface area contributed by atoms with Crippen LogP contribution < -0.4 is 10.1 Å². The monoisotopic (exact) mass is 357 g/mol. The summed E-state index contributed by atoms with van der Waals surface area (Å²) in [7, 11) is 1.63. The fourth-order valence-corrected chi connectivity index (χ4v) is 3.02. The highest BCUT2D eigenvalue weighted by atomic mass is 16.5. The molecule has 2 aromatic heterocycles. The van der Waals surface area contributed by atoms with E-state index in [9.17, 15) is 4.79 Å². The van der Waals surface area contributed by atoms with Crippen molar-refractivity contribution >= 4 is 17.4 Å². The number of ether oxygens (including phenoxy) is 1. The van der Waals surface area contributed by atoms with Gasteiger partial charge in [-0.2, -0.15) is 0 Å². The molecule has 4 rings (SSSR count). The molecular formula is C22H19N3O2. The number of benzene rings is 2. The van der Waals surface area contributed by atoms with Gasteiger partial charge < -0.3 is 10.1 Å². The molecule has 0 saturated carbocycles. The molecule has 0 fully saturated rings. The maximum Gasteiger partial charge on any atom is 0.229 e. The number of carbonyl (C=O) groups excluding carboxylic acids is 1. The first-order valence-corrected chi connectivity index (χ1v) is 8.70. The molecule has 27 heavy (non-hydrogen) atoms. The number of imidazole rings is 1. The Bertz CT molecular complexity index is 1070. The summed E-state index contributed by atoms with van der Waals surface area (Å²) in [5, 5.41) is 3.04. The minimum Gasteiger partial charge on any atom is -0.497 e. The molecule has 0 unspecified atom stereocenters. The molecule has 0 aliphatic heterocycles. The Balaban J connectivity index is 1.70. The van der Waals surface area contributed by atoms with Gasteiger partial charge in [-0.3, -0.25) is 9.20 Å². The first-order chi connectivity index (χ1) is 13.2. The number of amides is 1. The van der Waals surface area contributed by atoms with Crippen molar-refractivity contribution in [2.24, 2.45) is 0 Å². The van der Waals surface area contributed by atoms with Gasteiger partial charge in [0.15, 0.2) is 0 Å². The third kappa shape index (κ3) is 3.53. The quantitative estimate of drug-likeness (QED) is 0.583. The van der Waals surface area contributed by atoms with Crippen molar-refractivity contribution in [1.29, 1.82) is 0 Å². The van der Waals surface area contributed by atoms with Gasteiger partial charge in [0.25, 0.3) is 0 Å². The number of anilines is 1. The van der Waals surface area contributed by atoms with Gasteiger partial charge in [-0.1, -0.05) is 36.4 Å². The topological polar surface area (TPSA) is 55.6 Å². The van der Waals surface area contributed by atoms with Gasteiger partial charge in [-0.25, -0.2) is 4.98 Å². The van der Waals surface area contributed by atoms with Crippen molar-refractivity contribution in [2.45, 2.75) is 6.42 Å². The van der Waals surface area contributed by atoms with Crippen LogP contribution in [0.25, 0.3) is 16.9 Å². The molecule has 0 aliphatic rings. The van der Waals surface area contributed by atoms with Crippen LogP contribution in [0.5, 0.6) is 5.75 Å². The maximum absolute atomic E-state index is 12.6. The van der Waals surface area contributed by atoms with Crippen LogP contribution in [-0.2, 0) is 11.2 Å². The number of aromatic nitrogens is 2. The van der Waals surface area contributed by atoms with E-state index in [1.54, 1.807) is 7.11 Å². The second-order valence-corrected chi connectivity index (χ2v) is 6.18. The van der Waals surface area contributed by atoms with Gasteiger partial charge in [0.05, 0.1) is 13.5 Å². The van der Waals surface area contributed by atoms with Gasteiger partial charge >= 0.3 is 0 Å². The summed E-state index contributed by atoms with van der Waals surface area (Å²) in [6.07, 6.45) is 2.20. The molecule has 0 atom stereocenters. The number of fused-ring (bicyclic) bond motifs is 1. The average molecular weight is 357 g/mol. The van der Waals surface area contributed by atoms with Crippen LogP contribution in [0, 0.1) is 0 Å². The van der Waals surface area contributed by atoms with Gasteiger partial charge in [0.1, 0.15) is 22.9 Å². The molecular weight excluding hydrogens is 338 g/mol.